The second-order valence-corrected chi connectivity index (χ2v) is 7.06. The fourth-order valence-corrected chi connectivity index (χ4v) is 3.29. The Kier molecular flexibility index (Phi) is 6.97. The number of thiocarbonyl (C=S) groups is 1. The molecule has 4 nitrogen and oxygen atoms in total. The molecule has 0 heterocycles. The number of nitrogens with one attached hydrogen (secondary N) is 3. The SMILES string of the molecule is C[C@@H]1[C@H](C)CCC[C@H]1NC(=S)NNC(=O)CCc1ccc(F)cc1. The summed E-state index contributed by atoms with van der Waals surface area (Å²) in [5.41, 5.74) is 6.31. The summed E-state index contributed by atoms with van der Waals surface area (Å²) in [4.78, 5) is 11.9. The summed E-state index contributed by atoms with van der Waals surface area (Å²) in [5.74, 6) is 0.832. The number of halogens is 1. The molecular weight excluding hydrogens is 325 g/mol. The largest absolute Gasteiger partial charge is 0.358 e. The molecule has 0 aliphatic heterocycles. The van der Waals surface area contributed by atoms with E-state index in [9.17, 15) is 9.18 Å². The molecule has 3 atom stereocenters. The van der Waals surface area contributed by atoms with E-state index in [2.05, 4.69) is 30.0 Å². The number of aryl methyl sites for hydroxylation is 1. The quantitative estimate of drug-likeness (QED) is 0.576. The highest BCUT2D eigenvalue weighted by atomic mass is 32.1. The van der Waals surface area contributed by atoms with Crippen molar-refractivity contribution in [2.75, 3.05) is 0 Å². The van der Waals surface area contributed by atoms with Crippen LogP contribution in [0.15, 0.2) is 24.3 Å². The van der Waals surface area contributed by atoms with Gasteiger partial charge in [0.05, 0.1) is 0 Å². The Morgan fingerprint density at radius 2 is 1.92 bits per heavy atom. The minimum absolute atomic E-state index is 0.145. The molecule has 1 fully saturated rings. The predicted molar refractivity (Wildman–Crippen MR) is 97.7 cm³/mol. The minimum Gasteiger partial charge on any atom is -0.358 e. The van der Waals surface area contributed by atoms with Gasteiger partial charge in [-0.3, -0.25) is 15.6 Å². The monoisotopic (exact) mass is 351 g/mol. The van der Waals surface area contributed by atoms with Gasteiger partial charge in [-0.2, -0.15) is 0 Å². The summed E-state index contributed by atoms with van der Waals surface area (Å²) >= 11 is 5.26. The Morgan fingerprint density at radius 1 is 1.21 bits per heavy atom. The van der Waals surface area contributed by atoms with Crippen LogP contribution in [0.1, 0.15) is 45.1 Å². The van der Waals surface area contributed by atoms with E-state index in [0.717, 1.165) is 12.0 Å². The molecule has 0 spiro atoms. The first kappa shape index (κ1) is 18.6. The van der Waals surface area contributed by atoms with Gasteiger partial charge in [0.25, 0.3) is 0 Å². The van der Waals surface area contributed by atoms with Crippen molar-refractivity contribution in [1.29, 1.82) is 0 Å². The molecule has 1 aliphatic carbocycles. The van der Waals surface area contributed by atoms with Crippen LogP contribution in [0.4, 0.5) is 4.39 Å². The van der Waals surface area contributed by atoms with E-state index >= 15 is 0 Å². The number of benzene rings is 1. The molecular formula is C18H26FN3OS. The summed E-state index contributed by atoms with van der Waals surface area (Å²) in [6, 6.07) is 6.53. The summed E-state index contributed by atoms with van der Waals surface area (Å²) in [7, 11) is 0. The summed E-state index contributed by atoms with van der Waals surface area (Å²) in [5, 5.41) is 3.75. The summed E-state index contributed by atoms with van der Waals surface area (Å²) < 4.78 is 12.8. The fourth-order valence-electron chi connectivity index (χ4n) is 3.09. The molecule has 132 valence electrons. The number of amides is 1. The zero-order valence-electron chi connectivity index (χ0n) is 14.3. The molecule has 1 amide bonds. The molecule has 0 unspecified atom stereocenters. The number of carbonyl (C=O) groups is 1. The smallest absolute Gasteiger partial charge is 0.238 e. The topological polar surface area (TPSA) is 53.2 Å². The van der Waals surface area contributed by atoms with E-state index in [4.69, 9.17) is 12.2 Å². The van der Waals surface area contributed by atoms with Crippen LogP contribution >= 0.6 is 12.2 Å². The molecule has 0 saturated heterocycles. The molecule has 0 aromatic heterocycles. The first-order chi connectivity index (χ1) is 11.5. The van der Waals surface area contributed by atoms with Crippen LogP contribution in [0.25, 0.3) is 0 Å². The van der Waals surface area contributed by atoms with Gasteiger partial charge in [-0.25, -0.2) is 4.39 Å². The van der Waals surface area contributed by atoms with Crippen LogP contribution in [-0.4, -0.2) is 17.1 Å². The van der Waals surface area contributed by atoms with E-state index in [1.54, 1.807) is 12.1 Å². The van der Waals surface area contributed by atoms with Crippen LogP contribution in [0.3, 0.4) is 0 Å². The average molecular weight is 351 g/mol. The van der Waals surface area contributed by atoms with Gasteiger partial charge in [0.15, 0.2) is 5.11 Å². The van der Waals surface area contributed by atoms with E-state index in [1.807, 2.05) is 0 Å². The van der Waals surface area contributed by atoms with Crippen LogP contribution in [0.2, 0.25) is 0 Å². The molecule has 0 bridgehead atoms. The summed E-state index contributed by atoms with van der Waals surface area (Å²) in [6.07, 6.45) is 4.45. The van der Waals surface area contributed by atoms with Crippen molar-refractivity contribution in [1.82, 2.24) is 16.2 Å². The minimum atomic E-state index is -0.271. The molecule has 1 saturated carbocycles. The van der Waals surface area contributed by atoms with Crippen molar-refractivity contribution in [3.63, 3.8) is 0 Å². The molecule has 2 rings (SSSR count). The van der Waals surface area contributed by atoms with Crippen molar-refractivity contribution in [3.05, 3.63) is 35.6 Å². The second-order valence-electron chi connectivity index (χ2n) is 6.65. The third-order valence-corrected chi connectivity index (χ3v) is 5.11. The Hall–Kier alpha value is -1.69. The van der Waals surface area contributed by atoms with Crippen LogP contribution < -0.4 is 16.2 Å². The number of hydrogen-bond donors (Lipinski definition) is 3. The maximum atomic E-state index is 12.8. The Labute approximate surface area is 148 Å². The zero-order valence-corrected chi connectivity index (χ0v) is 15.1. The first-order valence-corrected chi connectivity index (χ1v) is 8.96. The van der Waals surface area contributed by atoms with Gasteiger partial charge in [-0.1, -0.05) is 38.8 Å². The predicted octanol–water partition coefficient (Wildman–Crippen LogP) is 3.08. The molecule has 0 radical (unpaired) electrons. The van der Waals surface area contributed by atoms with Crippen molar-refractivity contribution in [3.8, 4) is 0 Å². The highest BCUT2D eigenvalue weighted by Crippen LogP contribution is 2.29. The van der Waals surface area contributed by atoms with E-state index in [1.165, 1.54) is 25.0 Å². The van der Waals surface area contributed by atoms with Gasteiger partial charge in [0.2, 0.25) is 5.91 Å². The van der Waals surface area contributed by atoms with Gasteiger partial charge in [-0.15, -0.1) is 0 Å². The molecule has 6 heteroatoms. The van der Waals surface area contributed by atoms with Crippen molar-refractivity contribution in [2.45, 2.75) is 52.0 Å². The van der Waals surface area contributed by atoms with Crippen molar-refractivity contribution in [2.24, 2.45) is 11.8 Å². The van der Waals surface area contributed by atoms with E-state index < -0.39 is 0 Å². The Balaban J connectivity index is 1.67. The van der Waals surface area contributed by atoms with Crippen LogP contribution in [-0.2, 0) is 11.2 Å². The standard InChI is InChI=1S/C18H26FN3OS/c1-12-4-3-5-16(13(12)2)20-18(24)22-21-17(23)11-8-14-6-9-15(19)10-7-14/h6-7,9-10,12-13,16H,3-5,8,11H2,1-2H3,(H,21,23)(H2,20,22,24)/t12-,13-,16-/m1/s1. The lowest BCUT2D eigenvalue weighted by molar-refractivity contribution is -0.121. The maximum Gasteiger partial charge on any atom is 0.238 e. The van der Waals surface area contributed by atoms with Crippen LogP contribution in [0.5, 0.6) is 0 Å². The highest BCUT2D eigenvalue weighted by Gasteiger charge is 2.27. The van der Waals surface area contributed by atoms with Gasteiger partial charge in [0, 0.05) is 12.5 Å². The second kappa shape index (κ2) is 8.97. The van der Waals surface area contributed by atoms with E-state index in [0.29, 0.717) is 35.8 Å². The van der Waals surface area contributed by atoms with Crippen molar-refractivity contribution < 1.29 is 9.18 Å². The summed E-state index contributed by atoms with van der Waals surface area (Å²) in [6.45, 7) is 4.51. The first-order valence-electron chi connectivity index (χ1n) is 8.55. The number of rotatable bonds is 4. The van der Waals surface area contributed by atoms with Gasteiger partial charge < -0.3 is 5.32 Å². The lowest BCUT2D eigenvalue weighted by atomic mass is 9.78. The number of hydrazine groups is 1. The normalized spacial score (nSPS) is 23.4. The third-order valence-electron chi connectivity index (χ3n) is 4.89. The third kappa shape index (κ3) is 5.74. The Bertz CT molecular complexity index is 564. The van der Waals surface area contributed by atoms with Gasteiger partial charge >= 0.3 is 0 Å². The molecule has 24 heavy (non-hydrogen) atoms. The number of hydrogen-bond acceptors (Lipinski definition) is 2. The lowest BCUT2D eigenvalue weighted by Crippen LogP contribution is -2.52. The zero-order chi connectivity index (χ0) is 17.5. The average Bonchev–Trinajstić information content (AvgIpc) is 2.56. The number of carbonyl (C=O) groups excluding carboxylic acids is 1. The van der Waals surface area contributed by atoms with Gasteiger partial charge in [-0.05, 0) is 54.6 Å². The molecule has 1 aromatic carbocycles. The van der Waals surface area contributed by atoms with Gasteiger partial charge in [0.1, 0.15) is 5.82 Å². The molecule has 1 aliphatic rings. The molecule has 1 aromatic rings. The van der Waals surface area contributed by atoms with Crippen LogP contribution in [0, 0.1) is 17.7 Å². The highest BCUT2D eigenvalue weighted by molar-refractivity contribution is 7.80. The lowest BCUT2D eigenvalue weighted by Gasteiger charge is -2.35. The fraction of sp³-hybridized carbons (Fsp3) is 0.556. The Morgan fingerprint density at radius 3 is 2.62 bits per heavy atom. The van der Waals surface area contributed by atoms with Crippen molar-refractivity contribution >= 4 is 23.2 Å². The van der Waals surface area contributed by atoms with E-state index in [-0.39, 0.29) is 11.7 Å². The maximum absolute atomic E-state index is 12.8. The molecule has 3 N–H and O–H groups in total.